The highest BCUT2D eigenvalue weighted by molar-refractivity contribution is 6.41. The Balaban J connectivity index is 2.04. The molecule has 8 heteroatoms. The summed E-state index contributed by atoms with van der Waals surface area (Å²) in [5.74, 6) is -0.593. The van der Waals surface area contributed by atoms with Crippen LogP contribution < -0.4 is 0 Å². The number of morpholine rings is 1. The average molecular weight is 333 g/mol. The van der Waals surface area contributed by atoms with Crippen LogP contribution in [0.4, 0.5) is 0 Å². The highest BCUT2D eigenvalue weighted by Crippen LogP contribution is 2.21. The Kier molecular flexibility index (Phi) is 5.39. The van der Waals surface area contributed by atoms with Gasteiger partial charge in [0.25, 0.3) is 5.91 Å². The third-order valence-electron chi connectivity index (χ3n) is 3.09. The van der Waals surface area contributed by atoms with Crippen LogP contribution in [0.2, 0.25) is 10.2 Å². The first-order valence-corrected chi connectivity index (χ1v) is 7.05. The zero-order valence-electron chi connectivity index (χ0n) is 11.3. The van der Waals surface area contributed by atoms with Crippen LogP contribution >= 0.6 is 23.2 Å². The monoisotopic (exact) mass is 332 g/mol. The fraction of sp³-hybridized carbons (Fsp3) is 0.462. The molecular formula is C13H14Cl2N2O4. The Morgan fingerprint density at radius 3 is 2.95 bits per heavy atom. The molecule has 0 radical (unpaired) electrons. The van der Waals surface area contributed by atoms with Crippen LogP contribution in [0.1, 0.15) is 16.8 Å². The molecule has 114 valence electrons. The number of pyridine rings is 1. The molecule has 0 bridgehead atoms. The van der Waals surface area contributed by atoms with E-state index in [9.17, 15) is 9.59 Å². The number of nitrogens with zero attached hydrogens (tertiary/aromatic N) is 2. The van der Waals surface area contributed by atoms with Gasteiger partial charge in [0.15, 0.2) is 0 Å². The molecule has 0 N–H and O–H groups in total. The number of hydrogen-bond acceptors (Lipinski definition) is 5. The number of ether oxygens (including phenoxy) is 2. The van der Waals surface area contributed by atoms with E-state index in [1.54, 1.807) is 4.90 Å². The Hall–Kier alpha value is -1.37. The minimum atomic E-state index is -0.370. The molecule has 0 aromatic carbocycles. The summed E-state index contributed by atoms with van der Waals surface area (Å²) in [6.45, 7) is 1.12. The van der Waals surface area contributed by atoms with Crippen molar-refractivity contribution in [3.8, 4) is 0 Å². The van der Waals surface area contributed by atoms with Gasteiger partial charge in [-0.05, 0) is 6.07 Å². The summed E-state index contributed by atoms with van der Waals surface area (Å²) < 4.78 is 10.0. The van der Waals surface area contributed by atoms with Crippen molar-refractivity contribution >= 4 is 35.1 Å². The van der Waals surface area contributed by atoms with Gasteiger partial charge in [0, 0.05) is 19.3 Å². The number of rotatable bonds is 3. The third kappa shape index (κ3) is 4.06. The molecule has 21 heavy (non-hydrogen) atoms. The second kappa shape index (κ2) is 7.06. The predicted molar refractivity (Wildman–Crippen MR) is 76.5 cm³/mol. The van der Waals surface area contributed by atoms with E-state index in [1.165, 1.54) is 19.4 Å². The van der Waals surface area contributed by atoms with Gasteiger partial charge < -0.3 is 14.4 Å². The van der Waals surface area contributed by atoms with E-state index >= 15 is 0 Å². The zero-order valence-corrected chi connectivity index (χ0v) is 12.9. The van der Waals surface area contributed by atoms with Crippen LogP contribution in [0, 0.1) is 0 Å². The van der Waals surface area contributed by atoms with E-state index in [2.05, 4.69) is 9.72 Å². The quantitative estimate of drug-likeness (QED) is 0.623. The maximum Gasteiger partial charge on any atom is 0.308 e. The number of halogens is 2. The van der Waals surface area contributed by atoms with Crippen molar-refractivity contribution in [1.82, 2.24) is 9.88 Å². The number of esters is 1. The third-order valence-corrected chi connectivity index (χ3v) is 3.78. The molecule has 1 atom stereocenters. The van der Waals surface area contributed by atoms with E-state index in [-0.39, 0.29) is 34.6 Å². The van der Waals surface area contributed by atoms with E-state index in [0.29, 0.717) is 25.3 Å². The van der Waals surface area contributed by atoms with Crippen molar-refractivity contribution < 1.29 is 19.1 Å². The molecule has 1 aromatic rings. The molecule has 0 saturated carbocycles. The van der Waals surface area contributed by atoms with Crippen LogP contribution in [0.5, 0.6) is 0 Å². The summed E-state index contributed by atoms with van der Waals surface area (Å²) in [6.07, 6.45) is 1.12. The smallest absolute Gasteiger partial charge is 0.308 e. The molecule has 1 aliphatic rings. The molecule has 0 spiro atoms. The lowest BCUT2D eigenvalue weighted by Gasteiger charge is -2.32. The van der Waals surface area contributed by atoms with E-state index in [4.69, 9.17) is 27.9 Å². The number of hydrogen-bond donors (Lipinski definition) is 0. The molecule has 2 rings (SSSR count). The van der Waals surface area contributed by atoms with E-state index in [0.717, 1.165) is 0 Å². The molecule has 6 nitrogen and oxygen atoms in total. The molecule has 1 fully saturated rings. The second-order valence-corrected chi connectivity index (χ2v) is 5.29. The number of aromatic nitrogens is 1. The topological polar surface area (TPSA) is 68.7 Å². The van der Waals surface area contributed by atoms with Crippen LogP contribution in [0.15, 0.2) is 12.3 Å². The van der Waals surface area contributed by atoms with Crippen molar-refractivity contribution in [2.24, 2.45) is 0 Å². The van der Waals surface area contributed by atoms with Gasteiger partial charge in [-0.3, -0.25) is 9.59 Å². The lowest BCUT2D eigenvalue weighted by atomic mass is 10.1. The lowest BCUT2D eigenvalue weighted by Crippen LogP contribution is -2.46. The van der Waals surface area contributed by atoms with Crippen LogP contribution in [-0.4, -0.2) is 54.7 Å². The van der Waals surface area contributed by atoms with Crippen molar-refractivity contribution in [3.05, 3.63) is 28.0 Å². The normalized spacial score (nSPS) is 18.4. The number of carbonyl (C=O) groups excluding carboxylic acids is 2. The minimum absolute atomic E-state index is 0.111. The van der Waals surface area contributed by atoms with Crippen LogP contribution in [0.25, 0.3) is 0 Å². The fourth-order valence-electron chi connectivity index (χ4n) is 2.02. The van der Waals surface area contributed by atoms with Gasteiger partial charge in [0.05, 0.1) is 36.8 Å². The number of amides is 1. The zero-order chi connectivity index (χ0) is 15.4. The highest BCUT2D eigenvalue weighted by atomic mass is 35.5. The Morgan fingerprint density at radius 1 is 1.52 bits per heavy atom. The average Bonchev–Trinajstić information content (AvgIpc) is 2.49. The van der Waals surface area contributed by atoms with Crippen molar-refractivity contribution in [2.75, 3.05) is 26.8 Å². The predicted octanol–water partition coefficient (Wildman–Crippen LogP) is 1.79. The molecule has 1 amide bonds. The summed E-state index contributed by atoms with van der Waals surface area (Å²) in [6, 6.07) is 1.48. The van der Waals surface area contributed by atoms with E-state index < -0.39 is 0 Å². The number of carbonyl (C=O) groups is 2. The summed E-state index contributed by atoms with van der Waals surface area (Å²) in [4.78, 5) is 29.1. The lowest BCUT2D eigenvalue weighted by molar-refractivity contribution is -0.145. The summed E-state index contributed by atoms with van der Waals surface area (Å²) in [5, 5.41) is 0.376. The van der Waals surface area contributed by atoms with Gasteiger partial charge in [0.1, 0.15) is 5.15 Å². The van der Waals surface area contributed by atoms with Gasteiger partial charge in [-0.25, -0.2) is 4.98 Å². The molecular weight excluding hydrogens is 319 g/mol. The minimum Gasteiger partial charge on any atom is -0.469 e. The van der Waals surface area contributed by atoms with E-state index in [1.807, 2.05) is 0 Å². The largest absolute Gasteiger partial charge is 0.469 e. The Labute approximate surface area is 131 Å². The second-order valence-electron chi connectivity index (χ2n) is 4.52. The van der Waals surface area contributed by atoms with Gasteiger partial charge in [-0.2, -0.15) is 0 Å². The summed E-state index contributed by atoms with van der Waals surface area (Å²) in [7, 11) is 1.31. The summed E-state index contributed by atoms with van der Waals surface area (Å²) in [5.41, 5.74) is 0.350. The van der Waals surface area contributed by atoms with Gasteiger partial charge >= 0.3 is 5.97 Å². The highest BCUT2D eigenvalue weighted by Gasteiger charge is 2.27. The fourth-order valence-corrected chi connectivity index (χ4v) is 2.29. The Bertz CT molecular complexity index is 553. The Morgan fingerprint density at radius 2 is 2.29 bits per heavy atom. The first-order chi connectivity index (χ1) is 10.0. The maximum atomic E-state index is 12.4. The molecule has 1 aromatic heterocycles. The van der Waals surface area contributed by atoms with Crippen molar-refractivity contribution in [3.63, 3.8) is 0 Å². The van der Waals surface area contributed by atoms with Gasteiger partial charge in [0.2, 0.25) is 0 Å². The molecule has 0 aliphatic carbocycles. The number of methoxy groups -OCH3 is 1. The maximum absolute atomic E-state index is 12.4. The van der Waals surface area contributed by atoms with Crippen LogP contribution in [0.3, 0.4) is 0 Å². The SMILES string of the molecule is COC(=O)CC1CN(C(=O)c2cnc(Cl)c(Cl)c2)CCO1. The molecule has 2 heterocycles. The first-order valence-electron chi connectivity index (χ1n) is 6.30. The summed E-state index contributed by atoms with van der Waals surface area (Å²) >= 11 is 11.6. The van der Waals surface area contributed by atoms with Gasteiger partial charge in [-0.1, -0.05) is 23.2 Å². The standard InChI is InChI=1S/C13H14Cl2N2O4/c1-20-11(18)5-9-7-17(2-3-21-9)13(19)8-4-10(14)12(15)16-6-8/h4,6,9H,2-3,5,7H2,1H3. The van der Waals surface area contributed by atoms with Gasteiger partial charge in [-0.15, -0.1) is 0 Å². The van der Waals surface area contributed by atoms with Crippen LogP contribution in [-0.2, 0) is 14.3 Å². The molecule has 1 unspecified atom stereocenters. The molecule has 1 aliphatic heterocycles. The molecule has 1 saturated heterocycles. The van der Waals surface area contributed by atoms with Crippen molar-refractivity contribution in [2.45, 2.75) is 12.5 Å². The first kappa shape index (κ1) is 16.0. The van der Waals surface area contributed by atoms with Crippen molar-refractivity contribution in [1.29, 1.82) is 0 Å².